The molecule has 3 N–H and O–H groups in total. The zero-order valence-corrected chi connectivity index (χ0v) is 11.3. The van der Waals surface area contributed by atoms with Crippen LogP contribution in [0, 0.1) is 6.92 Å². The van der Waals surface area contributed by atoms with E-state index in [9.17, 15) is 9.90 Å². The largest absolute Gasteiger partial charge is 0.493 e. The molecule has 1 fully saturated rings. The molecule has 2 aromatic rings. The lowest BCUT2D eigenvalue weighted by molar-refractivity contribution is 0.444. The Morgan fingerprint density at radius 1 is 1.40 bits per heavy atom. The predicted molar refractivity (Wildman–Crippen MR) is 76.7 cm³/mol. The quantitative estimate of drug-likeness (QED) is 0.779. The van der Waals surface area contributed by atoms with E-state index in [1.165, 1.54) is 0 Å². The zero-order chi connectivity index (χ0) is 14.1. The highest BCUT2D eigenvalue weighted by atomic mass is 16.3. The summed E-state index contributed by atoms with van der Waals surface area (Å²) in [6.07, 6.45) is 1.97. The standard InChI is InChI=1S/C15H17N3O2/c1-9-4-2-5-10(8-9)12-14(19)17-13(18-15(12)20)11-6-3-7-16-11/h2,4-5,8,11,16H,3,6-7H2,1H3,(H2,17,18,19,20). The fourth-order valence-corrected chi connectivity index (χ4v) is 2.62. The summed E-state index contributed by atoms with van der Waals surface area (Å²) in [5, 5.41) is 13.4. The number of aromatic hydroxyl groups is 1. The van der Waals surface area contributed by atoms with Gasteiger partial charge in [-0.2, -0.15) is 4.98 Å². The molecule has 0 radical (unpaired) electrons. The third-order valence-corrected chi connectivity index (χ3v) is 3.62. The van der Waals surface area contributed by atoms with E-state index in [2.05, 4.69) is 15.3 Å². The molecule has 104 valence electrons. The topological polar surface area (TPSA) is 78.0 Å². The molecular formula is C15H17N3O2. The van der Waals surface area contributed by atoms with Crippen molar-refractivity contribution < 1.29 is 5.11 Å². The predicted octanol–water partition coefficient (Wildman–Crippen LogP) is 1.88. The van der Waals surface area contributed by atoms with E-state index in [1.807, 2.05) is 25.1 Å². The lowest BCUT2D eigenvalue weighted by Crippen LogP contribution is -2.21. The summed E-state index contributed by atoms with van der Waals surface area (Å²) in [5.41, 5.74) is 1.65. The Bertz CT molecular complexity index is 688. The third kappa shape index (κ3) is 2.32. The van der Waals surface area contributed by atoms with E-state index < -0.39 is 0 Å². The molecule has 1 atom stereocenters. The average Bonchev–Trinajstić information content (AvgIpc) is 2.91. The summed E-state index contributed by atoms with van der Waals surface area (Å²) in [5.74, 6) is 0.310. The van der Waals surface area contributed by atoms with Crippen LogP contribution in [-0.2, 0) is 0 Å². The van der Waals surface area contributed by atoms with E-state index >= 15 is 0 Å². The Labute approximate surface area is 116 Å². The monoisotopic (exact) mass is 271 g/mol. The maximum Gasteiger partial charge on any atom is 0.262 e. The van der Waals surface area contributed by atoms with Crippen LogP contribution in [0.2, 0.25) is 0 Å². The second-order valence-corrected chi connectivity index (χ2v) is 5.17. The van der Waals surface area contributed by atoms with Crippen molar-refractivity contribution >= 4 is 0 Å². The van der Waals surface area contributed by atoms with Crippen molar-refractivity contribution in [1.29, 1.82) is 0 Å². The van der Waals surface area contributed by atoms with Gasteiger partial charge < -0.3 is 15.4 Å². The van der Waals surface area contributed by atoms with Crippen molar-refractivity contribution in [2.45, 2.75) is 25.8 Å². The van der Waals surface area contributed by atoms with Gasteiger partial charge in [0.15, 0.2) is 0 Å². The molecule has 5 nitrogen and oxygen atoms in total. The van der Waals surface area contributed by atoms with Crippen molar-refractivity contribution in [1.82, 2.24) is 15.3 Å². The molecule has 0 bridgehead atoms. The SMILES string of the molecule is Cc1cccc(-c2c(O)nc(C3CCCN3)[nH]c2=O)c1. The summed E-state index contributed by atoms with van der Waals surface area (Å²) in [6.45, 7) is 2.85. The van der Waals surface area contributed by atoms with Crippen LogP contribution in [0.25, 0.3) is 11.1 Å². The van der Waals surface area contributed by atoms with E-state index in [0.717, 1.165) is 24.9 Å². The molecule has 1 aromatic heterocycles. The van der Waals surface area contributed by atoms with Crippen LogP contribution in [0.3, 0.4) is 0 Å². The van der Waals surface area contributed by atoms with Crippen LogP contribution in [0.15, 0.2) is 29.1 Å². The minimum atomic E-state index is -0.299. The molecule has 1 saturated heterocycles. The smallest absolute Gasteiger partial charge is 0.262 e. The van der Waals surface area contributed by atoms with Gasteiger partial charge >= 0.3 is 0 Å². The normalized spacial score (nSPS) is 18.4. The third-order valence-electron chi connectivity index (χ3n) is 3.62. The van der Waals surface area contributed by atoms with Gasteiger partial charge in [0.1, 0.15) is 11.4 Å². The van der Waals surface area contributed by atoms with Gasteiger partial charge in [0, 0.05) is 0 Å². The molecular weight excluding hydrogens is 254 g/mol. The Morgan fingerprint density at radius 2 is 2.25 bits per heavy atom. The number of H-pyrrole nitrogens is 1. The van der Waals surface area contributed by atoms with Crippen LogP contribution in [0.1, 0.15) is 30.3 Å². The molecule has 0 amide bonds. The molecule has 0 aliphatic carbocycles. The van der Waals surface area contributed by atoms with Crippen LogP contribution in [-0.4, -0.2) is 21.6 Å². The lowest BCUT2D eigenvalue weighted by Gasteiger charge is -2.11. The first-order valence-corrected chi connectivity index (χ1v) is 6.79. The number of rotatable bonds is 2. The van der Waals surface area contributed by atoms with Crippen LogP contribution >= 0.6 is 0 Å². The van der Waals surface area contributed by atoms with Gasteiger partial charge in [-0.3, -0.25) is 4.79 Å². The van der Waals surface area contributed by atoms with E-state index in [1.54, 1.807) is 6.07 Å². The first-order valence-electron chi connectivity index (χ1n) is 6.79. The number of aromatic amines is 1. The van der Waals surface area contributed by atoms with Crippen LogP contribution < -0.4 is 10.9 Å². The van der Waals surface area contributed by atoms with Gasteiger partial charge in [0.05, 0.1) is 6.04 Å². The fraction of sp³-hybridized carbons (Fsp3) is 0.333. The van der Waals surface area contributed by atoms with Gasteiger partial charge in [-0.05, 0) is 31.9 Å². The highest BCUT2D eigenvalue weighted by Gasteiger charge is 2.21. The van der Waals surface area contributed by atoms with Gasteiger partial charge in [-0.15, -0.1) is 0 Å². The van der Waals surface area contributed by atoms with Gasteiger partial charge in [-0.25, -0.2) is 0 Å². The number of nitrogens with one attached hydrogen (secondary N) is 2. The molecule has 0 saturated carbocycles. The lowest BCUT2D eigenvalue weighted by atomic mass is 10.1. The molecule has 2 heterocycles. The molecule has 20 heavy (non-hydrogen) atoms. The van der Waals surface area contributed by atoms with Gasteiger partial charge in [0.25, 0.3) is 5.56 Å². The number of benzene rings is 1. The van der Waals surface area contributed by atoms with Crippen molar-refractivity contribution in [3.8, 4) is 17.0 Å². The van der Waals surface area contributed by atoms with E-state index in [4.69, 9.17) is 0 Å². The van der Waals surface area contributed by atoms with Gasteiger partial charge in [0.2, 0.25) is 5.88 Å². The molecule has 1 aliphatic heterocycles. The van der Waals surface area contributed by atoms with E-state index in [-0.39, 0.29) is 23.0 Å². The first-order chi connectivity index (χ1) is 9.65. The molecule has 3 rings (SSSR count). The summed E-state index contributed by atoms with van der Waals surface area (Å²) < 4.78 is 0. The molecule has 1 aromatic carbocycles. The van der Waals surface area contributed by atoms with Crippen LogP contribution in [0.5, 0.6) is 5.88 Å². The Balaban J connectivity index is 2.07. The number of hydrogen-bond donors (Lipinski definition) is 3. The molecule has 5 heteroatoms. The summed E-state index contributed by atoms with van der Waals surface area (Å²) in [4.78, 5) is 19.2. The average molecular weight is 271 g/mol. The Kier molecular flexibility index (Phi) is 3.28. The fourth-order valence-electron chi connectivity index (χ4n) is 2.62. The number of hydrogen-bond acceptors (Lipinski definition) is 4. The second kappa shape index (κ2) is 5.09. The van der Waals surface area contributed by atoms with Crippen molar-refractivity contribution in [3.05, 3.63) is 46.0 Å². The molecule has 0 spiro atoms. The number of aromatic nitrogens is 2. The summed E-state index contributed by atoms with van der Waals surface area (Å²) in [7, 11) is 0. The minimum absolute atomic E-state index is 0.0279. The summed E-state index contributed by atoms with van der Waals surface area (Å²) >= 11 is 0. The maximum absolute atomic E-state index is 12.2. The zero-order valence-electron chi connectivity index (χ0n) is 11.3. The number of nitrogens with zero attached hydrogens (tertiary/aromatic N) is 1. The highest BCUT2D eigenvalue weighted by molar-refractivity contribution is 5.67. The van der Waals surface area contributed by atoms with Crippen molar-refractivity contribution in [3.63, 3.8) is 0 Å². The Hall–Kier alpha value is -2.14. The highest BCUT2D eigenvalue weighted by Crippen LogP contribution is 2.26. The minimum Gasteiger partial charge on any atom is -0.493 e. The summed E-state index contributed by atoms with van der Waals surface area (Å²) in [6, 6.07) is 7.49. The molecule has 1 unspecified atom stereocenters. The van der Waals surface area contributed by atoms with Gasteiger partial charge in [-0.1, -0.05) is 29.8 Å². The second-order valence-electron chi connectivity index (χ2n) is 5.17. The van der Waals surface area contributed by atoms with E-state index in [0.29, 0.717) is 11.4 Å². The Morgan fingerprint density at radius 3 is 2.90 bits per heavy atom. The van der Waals surface area contributed by atoms with Crippen molar-refractivity contribution in [2.75, 3.05) is 6.54 Å². The van der Waals surface area contributed by atoms with Crippen LogP contribution in [0.4, 0.5) is 0 Å². The number of aryl methyl sites for hydroxylation is 1. The molecule has 1 aliphatic rings. The van der Waals surface area contributed by atoms with Crippen molar-refractivity contribution in [2.24, 2.45) is 0 Å². The maximum atomic E-state index is 12.2. The first kappa shape index (κ1) is 12.9.